The standard InChI is InChI=1S/C16H23N3O5/c1-15(2,3)24-14(23)19-13-17-8-10(9-18-13)16(12(21)22)6-4-11(20)5-7-16/h8-9,11,20H,4-7H2,1-3H3,(H,21,22)(H,17,18,19,23). The Hall–Kier alpha value is -2.22. The first-order valence-electron chi connectivity index (χ1n) is 7.86. The van der Waals surface area contributed by atoms with Gasteiger partial charge in [0.1, 0.15) is 5.60 Å². The van der Waals surface area contributed by atoms with E-state index in [4.69, 9.17) is 4.74 Å². The number of carboxylic acids is 1. The van der Waals surface area contributed by atoms with E-state index in [2.05, 4.69) is 15.3 Å². The Balaban J connectivity index is 2.13. The Morgan fingerprint density at radius 3 is 2.25 bits per heavy atom. The lowest BCUT2D eigenvalue weighted by atomic mass is 9.69. The second-order valence-electron chi connectivity index (χ2n) is 7.04. The van der Waals surface area contributed by atoms with Gasteiger partial charge in [-0.05, 0) is 46.5 Å². The highest BCUT2D eigenvalue weighted by Gasteiger charge is 2.43. The first-order valence-corrected chi connectivity index (χ1v) is 7.86. The van der Waals surface area contributed by atoms with Crippen molar-refractivity contribution in [3.63, 3.8) is 0 Å². The van der Waals surface area contributed by atoms with Gasteiger partial charge >= 0.3 is 12.1 Å². The van der Waals surface area contributed by atoms with Gasteiger partial charge in [-0.2, -0.15) is 0 Å². The summed E-state index contributed by atoms with van der Waals surface area (Å²) in [6, 6.07) is 0. The van der Waals surface area contributed by atoms with Crippen LogP contribution >= 0.6 is 0 Å². The van der Waals surface area contributed by atoms with Gasteiger partial charge in [0.15, 0.2) is 0 Å². The molecule has 1 aliphatic carbocycles. The van der Waals surface area contributed by atoms with Crippen LogP contribution in [0.3, 0.4) is 0 Å². The molecule has 1 saturated carbocycles. The highest BCUT2D eigenvalue weighted by Crippen LogP contribution is 2.39. The van der Waals surface area contributed by atoms with Crippen LogP contribution in [0, 0.1) is 0 Å². The third-order valence-electron chi connectivity index (χ3n) is 4.04. The molecule has 0 aromatic carbocycles. The van der Waals surface area contributed by atoms with Gasteiger partial charge in [0.2, 0.25) is 5.95 Å². The predicted molar refractivity (Wildman–Crippen MR) is 85.7 cm³/mol. The van der Waals surface area contributed by atoms with Crippen molar-refractivity contribution in [1.82, 2.24) is 9.97 Å². The number of ether oxygens (including phenoxy) is 1. The van der Waals surface area contributed by atoms with Gasteiger partial charge < -0.3 is 14.9 Å². The lowest BCUT2D eigenvalue weighted by Gasteiger charge is -2.35. The number of anilines is 1. The van der Waals surface area contributed by atoms with E-state index in [0.29, 0.717) is 31.2 Å². The van der Waals surface area contributed by atoms with Crippen molar-refractivity contribution in [3.8, 4) is 0 Å². The van der Waals surface area contributed by atoms with E-state index in [0.717, 1.165) is 0 Å². The summed E-state index contributed by atoms with van der Waals surface area (Å²) < 4.78 is 5.11. The Kier molecular flexibility index (Phi) is 5.08. The fraction of sp³-hybridized carbons (Fsp3) is 0.625. The monoisotopic (exact) mass is 337 g/mol. The number of carbonyl (C=O) groups excluding carboxylic acids is 1. The quantitative estimate of drug-likeness (QED) is 0.772. The van der Waals surface area contributed by atoms with Crippen molar-refractivity contribution >= 4 is 18.0 Å². The second-order valence-corrected chi connectivity index (χ2v) is 7.04. The van der Waals surface area contributed by atoms with Crippen LogP contribution in [0.2, 0.25) is 0 Å². The third kappa shape index (κ3) is 4.19. The molecule has 3 N–H and O–H groups in total. The van der Waals surface area contributed by atoms with E-state index in [9.17, 15) is 19.8 Å². The summed E-state index contributed by atoms with van der Waals surface area (Å²) in [6.07, 6.45) is 3.17. The van der Waals surface area contributed by atoms with Crippen LogP contribution < -0.4 is 5.32 Å². The molecule has 1 amide bonds. The number of hydrogen-bond donors (Lipinski definition) is 3. The zero-order chi connectivity index (χ0) is 18.0. The highest BCUT2D eigenvalue weighted by atomic mass is 16.6. The van der Waals surface area contributed by atoms with Gasteiger partial charge in [-0.15, -0.1) is 0 Å². The summed E-state index contributed by atoms with van der Waals surface area (Å²) in [7, 11) is 0. The molecule has 1 fully saturated rings. The average Bonchev–Trinajstić information content (AvgIpc) is 2.47. The smallest absolute Gasteiger partial charge is 0.414 e. The number of carbonyl (C=O) groups is 2. The van der Waals surface area contributed by atoms with Crippen molar-refractivity contribution in [3.05, 3.63) is 18.0 Å². The maximum absolute atomic E-state index is 11.8. The first-order chi connectivity index (χ1) is 11.1. The first kappa shape index (κ1) is 18.1. The Morgan fingerprint density at radius 1 is 1.25 bits per heavy atom. The minimum absolute atomic E-state index is 0.0457. The topological polar surface area (TPSA) is 122 Å². The minimum atomic E-state index is -1.09. The number of carboxylic acid groups (broad SMARTS) is 1. The van der Waals surface area contributed by atoms with E-state index in [1.807, 2.05) is 0 Å². The van der Waals surface area contributed by atoms with Crippen LogP contribution in [0.15, 0.2) is 12.4 Å². The molecular weight excluding hydrogens is 314 g/mol. The van der Waals surface area contributed by atoms with E-state index >= 15 is 0 Å². The maximum Gasteiger partial charge on any atom is 0.414 e. The molecular formula is C16H23N3O5. The molecule has 2 rings (SSSR count). The molecule has 8 heteroatoms. The van der Waals surface area contributed by atoms with Gasteiger partial charge in [0, 0.05) is 18.0 Å². The average molecular weight is 337 g/mol. The lowest BCUT2D eigenvalue weighted by Crippen LogP contribution is -2.41. The summed E-state index contributed by atoms with van der Waals surface area (Å²) >= 11 is 0. The summed E-state index contributed by atoms with van der Waals surface area (Å²) in [5.74, 6) is -0.907. The molecule has 1 aromatic heterocycles. The van der Waals surface area contributed by atoms with Crippen molar-refractivity contribution in [2.75, 3.05) is 5.32 Å². The highest BCUT2D eigenvalue weighted by molar-refractivity contribution is 5.83. The summed E-state index contributed by atoms with van der Waals surface area (Å²) in [4.78, 5) is 31.5. The lowest BCUT2D eigenvalue weighted by molar-refractivity contribution is -0.146. The van der Waals surface area contributed by atoms with Crippen LogP contribution in [-0.2, 0) is 14.9 Å². The van der Waals surface area contributed by atoms with Gasteiger partial charge in [-0.25, -0.2) is 14.8 Å². The third-order valence-corrected chi connectivity index (χ3v) is 4.04. The number of amides is 1. The molecule has 132 valence electrons. The number of aliphatic hydroxyl groups is 1. The molecule has 0 bridgehead atoms. The van der Waals surface area contributed by atoms with Crippen LogP contribution in [0.5, 0.6) is 0 Å². The van der Waals surface area contributed by atoms with Crippen molar-refractivity contribution in [2.45, 2.75) is 63.6 Å². The van der Waals surface area contributed by atoms with Gasteiger partial charge in [0.05, 0.1) is 11.5 Å². The van der Waals surface area contributed by atoms with E-state index < -0.39 is 29.2 Å². The fourth-order valence-electron chi connectivity index (χ4n) is 2.76. The number of aliphatic carboxylic acids is 1. The van der Waals surface area contributed by atoms with Crippen molar-refractivity contribution in [1.29, 1.82) is 0 Å². The maximum atomic E-state index is 11.8. The number of nitrogens with zero attached hydrogens (tertiary/aromatic N) is 2. The normalized spacial score (nSPS) is 24.2. The van der Waals surface area contributed by atoms with Crippen LogP contribution in [0.1, 0.15) is 52.0 Å². The molecule has 1 heterocycles. The van der Waals surface area contributed by atoms with Crippen molar-refractivity contribution in [2.24, 2.45) is 0 Å². The zero-order valence-corrected chi connectivity index (χ0v) is 14.1. The fourth-order valence-corrected chi connectivity index (χ4v) is 2.76. The number of hydrogen-bond acceptors (Lipinski definition) is 6. The van der Waals surface area contributed by atoms with Crippen LogP contribution in [-0.4, -0.2) is 43.9 Å². The van der Waals surface area contributed by atoms with Crippen molar-refractivity contribution < 1.29 is 24.5 Å². The van der Waals surface area contributed by atoms with E-state index in [-0.39, 0.29) is 5.95 Å². The van der Waals surface area contributed by atoms with Gasteiger partial charge in [-0.1, -0.05) is 0 Å². The molecule has 8 nitrogen and oxygen atoms in total. The second kappa shape index (κ2) is 6.72. The Morgan fingerprint density at radius 2 is 1.79 bits per heavy atom. The van der Waals surface area contributed by atoms with Gasteiger partial charge in [-0.3, -0.25) is 10.1 Å². The molecule has 0 atom stereocenters. The molecule has 0 saturated heterocycles. The molecule has 0 spiro atoms. The SMILES string of the molecule is CC(C)(C)OC(=O)Nc1ncc(C2(C(=O)O)CCC(O)CC2)cn1. The molecule has 0 unspecified atom stereocenters. The zero-order valence-electron chi connectivity index (χ0n) is 14.1. The minimum Gasteiger partial charge on any atom is -0.481 e. The van der Waals surface area contributed by atoms with Gasteiger partial charge in [0.25, 0.3) is 0 Å². The molecule has 24 heavy (non-hydrogen) atoms. The molecule has 1 aliphatic rings. The number of aromatic nitrogens is 2. The number of rotatable bonds is 3. The number of aliphatic hydroxyl groups excluding tert-OH is 1. The molecule has 0 radical (unpaired) electrons. The van der Waals surface area contributed by atoms with Crippen LogP contribution in [0.4, 0.5) is 10.7 Å². The largest absolute Gasteiger partial charge is 0.481 e. The molecule has 0 aliphatic heterocycles. The summed E-state index contributed by atoms with van der Waals surface area (Å²) in [5.41, 5.74) is -1.26. The number of nitrogens with one attached hydrogen (secondary N) is 1. The molecule has 1 aromatic rings. The Bertz CT molecular complexity index is 601. The van der Waals surface area contributed by atoms with E-state index in [1.165, 1.54) is 12.4 Å². The summed E-state index contributed by atoms with van der Waals surface area (Å²) in [6.45, 7) is 5.22. The predicted octanol–water partition coefficient (Wildman–Crippen LogP) is 2.08. The summed E-state index contributed by atoms with van der Waals surface area (Å²) in [5, 5.41) is 21.7. The Labute approximate surface area is 140 Å². The van der Waals surface area contributed by atoms with E-state index in [1.54, 1.807) is 20.8 Å². The van der Waals surface area contributed by atoms with Crippen LogP contribution in [0.25, 0.3) is 0 Å².